The summed E-state index contributed by atoms with van der Waals surface area (Å²) in [7, 11) is 0. The molecule has 1 atom stereocenters. The molecular formula is C16H20BrClN4O. The second kappa shape index (κ2) is 7.47. The second-order valence-electron chi connectivity index (χ2n) is 5.61. The minimum Gasteiger partial charge on any atom is -0.332 e. The molecule has 0 radical (unpaired) electrons. The lowest BCUT2D eigenvalue weighted by Crippen LogP contribution is -2.52. The van der Waals surface area contributed by atoms with Gasteiger partial charge in [0.25, 0.3) is 5.91 Å². The Labute approximate surface area is 150 Å². The van der Waals surface area contributed by atoms with Crippen LogP contribution in [0.3, 0.4) is 0 Å². The van der Waals surface area contributed by atoms with Crippen LogP contribution in [0.2, 0.25) is 0 Å². The van der Waals surface area contributed by atoms with Crippen LogP contribution in [0.4, 0.5) is 0 Å². The molecule has 0 spiro atoms. The van der Waals surface area contributed by atoms with Crippen molar-refractivity contribution in [3.63, 3.8) is 0 Å². The van der Waals surface area contributed by atoms with Crippen molar-refractivity contribution in [2.45, 2.75) is 19.9 Å². The average molecular weight is 400 g/mol. The summed E-state index contributed by atoms with van der Waals surface area (Å²) in [4.78, 5) is 14.6. The number of amides is 1. The van der Waals surface area contributed by atoms with E-state index >= 15 is 0 Å². The highest BCUT2D eigenvalue weighted by molar-refractivity contribution is 9.10. The highest BCUT2D eigenvalue weighted by atomic mass is 79.9. The summed E-state index contributed by atoms with van der Waals surface area (Å²) < 4.78 is 2.83. The van der Waals surface area contributed by atoms with E-state index in [9.17, 15) is 4.79 Å². The Morgan fingerprint density at radius 1 is 1.35 bits per heavy atom. The highest BCUT2D eigenvalue weighted by Gasteiger charge is 2.26. The number of carbonyl (C=O) groups is 1. The molecule has 0 aliphatic carbocycles. The van der Waals surface area contributed by atoms with Gasteiger partial charge >= 0.3 is 0 Å². The van der Waals surface area contributed by atoms with Gasteiger partial charge in [-0.2, -0.15) is 5.10 Å². The Kier molecular flexibility index (Phi) is 5.84. The van der Waals surface area contributed by atoms with E-state index in [0.717, 1.165) is 35.5 Å². The molecule has 3 rings (SSSR count). The van der Waals surface area contributed by atoms with Crippen LogP contribution in [0.5, 0.6) is 0 Å². The van der Waals surface area contributed by atoms with Gasteiger partial charge < -0.3 is 10.2 Å². The predicted octanol–water partition coefficient (Wildman–Crippen LogP) is 2.80. The number of hydrogen-bond acceptors (Lipinski definition) is 3. The quantitative estimate of drug-likeness (QED) is 0.845. The smallest absolute Gasteiger partial charge is 0.274 e. The third-order valence-electron chi connectivity index (χ3n) is 3.94. The van der Waals surface area contributed by atoms with Crippen LogP contribution in [0.25, 0.3) is 5.69 Å². The number of nitrogens with zero attached hydrogens (tertiary/aromatic N) is 3. The normalized spacial score (nSPS) is 17.7. The minimum absolute atomic E-state index is 0. The number of benzene rings is 1. The van der Waals surface area contributed by atoms with Gasteiger partial charge in [-0.25, -0.2) is 4.68 Å². The molecule has 1 aliphatic rings. The van der Waals surface area contributed by atoms with Crippen LogP contribution >= 0.6 is 28.3 Å². The predicted molar refractivity (Wildman–Crippen MR) is 96.6 cm³/mol. The molecule has 5 nitrogen and oxygen atoms in total. The summed E-state index contributed by atoms with van der Waals surface area (Å²) in [5, 5.41) is 7.80. The Bertz CT molecular complexity index is 686. The topological polar surface area (TPSA) is 50.2 Å². The van der Waals surface area contributed by atoms with E-state index in [0.29, 0.717) is 5.69 Å². The lowest BCUT2D eigenvalue weighted by molar-refractivity contribution is 0.0649. The first-order valence-corrected chi connectivity index (χ1v) is 8.20. The zero-order chi connectivity index (χ0) is 15.7. The zero-order valence-corrected chi connectivity index (χ0v) is 15.5. The second-order valence-corrected chi connectivity index (χ2v) is 6.53. The molecule has 1 saturated heterocycles. The maximum absolute atomic E-state index is 12.7. The summed E-state index contributed by atoms with van der Waals surface area (Å²) in [6.07, 6.45) is 0. The molecule has 0 bridgehead atoms. The number of carbonyl (C=O) groups excluding carboxylic acids is 1. The Hall–Kier alpha value is -1.37. The summed E-state index contributed by atoms with van der Waals surface area (Å²) >= 11 is 3.43. The van der Waals surface area contributed by atoms with Crippen LogP contribution in [0.15, 0.2) is 34.8 Å². The first-order valence-electron chi connectivity index (χ1n) is 7.40. The molecule has 1 aromatic carbocycles. The number of aromatic nitrogens is 2. The third kappa shape index (κ3) is 3.76. The third-order valence-corrected chi connectivity index (χ3v) is 4.47. The number of aryl methyl sites for hydroxylation is 1. The van der Waals surface area contributed by atoms with Crippen molar-refractivity contribution in [3.8, 4) is 5.69 Å². The highest BCUT2D eigenvalue weighted by Crippen LogP contribution is 2.17. The fourth-order valence-electron chi connectivity index (χ4n) is 2.71. The first-order chi connectivity index (χ1) is 10.6. The molecule has 124 valence electrons. The number of halogens is 2. The van der Waals surface area contributed by atoms with Gasteiger partial charge in [0.2, 0.25) is 0 Å². The van der Waals surface area contributed by atoms with Gasteiger partial charge in [0, 0.05) is 35.8 Å². The van der Waals surface area contributed by atoms with Gasteiger partial charge in [-0.15, -0.1) is 12.4 Å². The molecule has 7 heteroatoms. The molecule has 1 N–H and O–H groups in total. The lowest BCUT2D eigenvalue weighted by Gasteiger charge is -2.33. The van der Waals surface area contributed by atoms with Crippen molar-refractivity contribution in [2.24, 2.45) is 0 Å². The molecule has 2 aromatic rings. The van der Waals surface area contributed by atoms with Crippen LogP contribution < -0.4 is 5.32 Å². The van der Waals surface area contributed by atoms with E-state index < -0.39 is 0 Å². The van der Waals surface area contributed by atoms with E-state index in [1.165, 1.54) is 0 Å². The maximum atomic E-state index is 12.7. The number of hydrogen-bond donors (Lipinski definition) is 1. The molecule has 23 heavy (non-hydrogen) atoms. The molecule has 1 aliphatic heterocycles. The van der Waals surface area contributed by atoms with Crippen molar-refractivity contribution >= 4 is 34.2 Å². The number of nitrogens with one attached hydrogen (secondary N) is 1. The zero-order valence-electron chi connectivity index (χ0n) is 13.1. The van der Waals surface area contributed by atoms with Crippen molar-refractivity contribution in [3.05, 3.63) is 46.2 Å². The summed E-state index contributed by atoms with van der Waals surface area (Å²) in [5.41, 5.74) is 2.41. The van der Waals surface area contributed by atoms with E-state index in [1.54, 1.807) is 0 Å². The van der Waals surface area contributed by atoms with Gasteiger partial charge in [-0.1, -0.05) is 15.9 Å². The van der Waals surface area contributed by atoms with E-state index in [-0.39, 0.29) is 24.4 Å². The largest absolute Gasteiger partial charge is 0.332 e. The van der Waals surface area contributed by atoms with Crippen LogP contribution in [0, 0.1) is 6.92 Å². The fraction of sp³-hybridized carbons (Fsp3) is 0.375. The monoisotopic (exact) mass is 398 g/mol. The van der Waals surface area contributed by atoms with Crippen LogP contribution in [0.1, 0.15) is 23.1 Å². The maximum Gasteiger partial charge on any atom is 0.274 e. The average Bonchev–Trinajstić information content (AvgIpc) is 2.90. The molecule has 0 saturated carbocycles. The Balaban J connectivity index is 0.00000192. The summed E-state index contributed by atoms with van der Waals surface area (Å²) in [5.74, 6) is 0.00737. The number of piperazine rings is 1. The van der Waals surface area contributed by atoms with E-state index in [2.05, 4.69) is 33.3 Å². The SMILES string of the molecule is Cc1cc(C(=O)N2CCNC[C@@H]2C)nn1-c1ccc(Br)cc1.Cl. The van der Waals surface area contributed by atoms with Gasteiger partial charge in [-0.3, -0.25) is 4.79 Å². The fourth-order valence-corrected chi connectivity index (χ4v) is 2.98. The summed E-state index contributed by atoms with van der Waals surface area (Å²) in [6.45, 7) is 6.42. The Morgan fingerprint density at radius 3 is 2.70 bits per heavy atom. The molecule has 1 fully saturated rings. The lowest BCUT2D eigenvalue weighted by atomic mass is 10.2. The van der Waals surface area contributed by atoms with Crippen molar-refractivity contribution in [2.75, 3.05) is 19.6 Å². The van der Waals surface area contributed by atoms with Gasteiger partial charge in [0.15, 0.2) is 5.69 Å². The van der Waals surface area contributed by atoms with E-state index in [4.69, 9.17) is 0 Å². The number of rotatable bonds is 2. The molecular weight excluding hydrogens is 380 g/mol. The standard InChI is InChI=1S/C16H19BrN4O.ClH/c1-11-9-15(16(22)20-8-7-18-10-12(20)2)19-21(11)14-5-3-13(17)4-6-14;/h3-6,9,12,18H,7-8,10H2,1-2H3;1H/t12-;/m0./s1. The molecule has 0 unspecified atom stereocenters. The first kappa shape index (κ1) is 18.0. The minimum atomic E-state index is 0. The van der Waals surface area contributed by atoms with Crippen LogP contribution in [-0.2, 0) is 0 Å². The van der Waals surface area contributed by atoms with Gasteiger partial charge in [0.1, 0.15) is 0 Å². The van der Waals surface area contributed by atoms with Crippen LogP contribution in [-0.4, -0.2) is 46.3 Å². The van der Waals surface area contributed by atoms with Crippen molar-refractivity contribution < 1.29 is 4.79 Å². The molecule has 1 aromatic heterocycles. The van der Waals surface area contributed by atoms with E-state index in [1.807, 2.05) is 46.8 Å². The van der Waals surface area contributed by atoms with Gasteiger partial charge in [-0.05, 0) is 44.2 Å². The summed E-state index contributed by atoms with van der Waals surface area (Å²) in [6, 6.07) is 9.95. The van der Waals surface area contributed by atoms with Crippen molar-refractivity contribution in [1.82, 2.24) is 20.0 Å². The van der Waals surface area contributed by atoms with Crippen molar-refractivity contribution in [1.29, 1.82) is 0 Å². The molecule has 1 amide bonds. The Morgan fingerprint density at radius 2 is 2.04 bits per heavy atom. The molecule has 2 heterocycles. The van der Waals surface area contributed by atoms with Gasteiger partial charge in [0.05, 0.1) is 5.69 Å².